The van der Waals surface area contributed by atoms with Crippen LogP contribution in [0.2, 0.25) is 0 Å². The van der Waals surface area contributed by atoms with Gasteiger partial charge in [0.05, 0.1) is 42.6 Å². The maximum atomic E-state index is 12.8. The highest BCUT2D eigenvalue weighted by molar-refractivity contribution is 5.99. The van der Waals surface area contributed by atoms with Crippen LogP contribution in [0.15, 0.2) is 73.2 Å². The molecule has 3 heterocycles. The van der Waals surface area contributed by atoms with Crippen LogP contribution in [-0.4, -0.2) is 54.1 Å². The van der Waals surface area contributed by atoms with E-state index in [-0.39, 0.29) is 5.91 Å². The molecule has 1 saturated heterocycles. The standard InChI is InChI=1S/C28H25N5O2/c1-35-28-24-4-2-3-23(22-7-5-21(18-29)6-8-22)27(24)31-19-25(28)32-13-15-33(16-14-32)26(34)17-20-9-11-30-12-10-20/h2-12,19H,13-17H2,1H3. The van der Waals surface area contributed by atoms with Crippen LogP contribution in [0.1, 0.15) is 11.1 Å². The van der Waals surface area contributed by atoms with Gasteiger partial charge in [-0.3, -0.25) is 14.8 Å². The van der Waals surface area contributed by atoms with Crippen LogP contribution in [0.4, 0.5) is 5.69 Å². The minimum absolute atomic E-state index is 0.131. The lowest BCUT2D eigenvalue weighted by molar-refractivity contribution is -0.130. The van der Waals surface area contributed by atoms with Crippen LogP contribution in [-0.2, 0) is 11.2 Å². The van der Waals surface area contributed by atoms with E-state index in [1.165, 1.54) is 0 Å². The summed E-state index contributed by atoms with van der Waals surface area (Å²) in [5, 5.41) is 10.0. The Morgan fingerprint density at radius 1 is 1.03 bits per heavy atom. The number of hydrogen-bond acceptors (Lipinski definition) is 6. The number of ether oxygens (including phenoxy) is 1. The Bertz CT molecular complexity index is 1390. The number of carbonyl (C=O) groups is 1. The SMILES string of the molecule is COc1c(N2CCN(C(=O)Cc3ccncc3)CC2)cnc2c(-c3ccc(C#N)cc3)cccc12. The summed E-state index contributed by atoms with van der Waals surface area (Å²) in [4.78, 5) is 25.7. The van der Waals surface area contributed by atoms with Crippen LogP contribution < -0.4 is 9.64 Å². The highest BCUT2D eigenvalue weighted by atomic mass is 16.5. The second-order valence-electron chi connectivity index (χ2n) is 8.47. The van der Waals surface area contributed by atoms with E-state index in [9.17, 15) is 4.79 Å². The molecule has 2 aromatic heterocycles. The van der Waals surface area contributed by atoms with Crippen LogP contribution in [0, 0.1) is 11.3 Å². The number of benzene rings is 2. The van der Waals surface area contributed by atoms with Crippen molar-refractivity contribution in [2.24, 2.45) is 0 Å². The van der Waals surface area contributed by atoms with Crippen molar-refractivity contribution in [3.05, 3.63) is 84.3 Å². The fourth-order valence-electron chi connectivity index (χ4n) is 4.57. The predicted molar refractivity (Wildman–Crippen MR) is 135 cm³/mol. The van der Waals surface area contributed by atoms with Gasteiger partial charge in [-0.2, -0.15) is 5.26 Å². The van der Waals surface area contributed by atoms with Gasteiger partial charge in [-0.1, -0.05) is 24.3 Å². The number of nitriles is 1. The normalized spacial score (nSPS) is 13.5. The molecule has 0 spiro atoms. The van der Waals surface area contributed by atoms with Gasteiger partial charge in [-0.15, -0.1) is 0 Å². The lowest BCUT2D eigenvalue weighted by Crippen LogP contribution is -2.49. The summed E-state index contributed by atoms with van der Waals surface area (Å²) in [6.07, 6.45) is 5.68. The Balaban J connectivity index is 1.37. The molecule has 0 radical (unpaired) electrons. The summed E-state index contributed by atoms with van der Waals surface area (Å²) in [6, 6.07) is 19.5. The number of anilines is 1. The second-order valence-corrected chi connectivity index (χ2v) is 8.47. The number of methoxy groups -OCH3 is 1. The maximum Gasteiger partial charge on any atom is 0.227 e. The molecule has 0 unspecified atom stereocenters. The second kappa shape index (κ2) is 9.82. The number of pyridine rings is 2. The number of fused-ring (bicyclic) bond motifs is 1. The molecule has 1 aliphatic heterocycles. The Hall–Kier alpha value is -4.44. The first-order valence-electron chi connectivity index (χ1n) is 11.6. The summed E-state index contributed by atoms with van der Waals surface area (Å²) in [7, 11) is 1.68. The van der Waals surface area contributed by atoms with Gasteiger partial charge in [0.25, 0.3) is 0 Å². The number of nitrogens with zero attached hydrogens (tertiary/aromatic N) is 5. The number of aromatic nitrogens is 2. The Labute approximate surface area is 204 Å². The van der Waals surface area contributed by atoms with Gasteiger partial charge in [-0.05, 0) is 41.5 Å². The van der Waals surface area contributed by atoms with Gasteiger partial charge in [0.1, 0.15) is 0 Å². The fourth-order valence-corrected chi connectivity index (χ4v) is 4.57. The molecule has 1 fully saturated rings. The van der Waals surface area contributed by atoms with Gasteiger partial charge < -0.3 is 14.5 Å². The molecule has 0 bridgehead atoms. The topological polar surface area (TPSA) is 82.3 Å². The quantitative estimate of drug-likeness (QED) is 0.444. The van der Waals surface area contributed by atoms with Crippen molar-refractivity contribution in [2.75, 3.05) is 38.2 Å². The monoisotopic (exact) mass is 463 g/mol. The average molecular weight is 464 g/mol. The van der Waals surface area contributed by atoms with Crippen LogP contribution in [0.25, 0.3) is 22.0 Å². The maximum absolute atomic E-state index is 12.8. The number of hydrogen-bond donors (Lipinski definition) is 0. The minimum atomic E-state index is 0.131. The molecule has 2 aromatic carbocycles. The largest absolute Gasteiger partial charge is 0.494 e. The zero-order valence-corrected chi connectivity index (χ0v) is 19.5. The molecule has 0 aliphatic carbocycles. The minimum Gasteiger partial charge on any atom is -0.494 e. The molecule has 0 N–H and O–H groups in total. The van der Waals surface area contributed by atoms with E-state index in [2.05, 4.69) is 16.0 Å². The van der Waals surface area contributed by atoms with Crippen molar-refractivity contribution < 1.29 is 9.53 Å². The first-order valence-corrected chi connectivity index (χ1v) is 11.6. The predicted octanol–water partition coefficient (Wildman–Crippen LogP) is 4.07. The van der Waals surface area contributed by atoms with Crippen molar-refractivity contribution in [3.8, 4) is 22.9 Å². The molecule has 4 aromatic rings. The molecule has 5 rings (SSSR count). The molecule has 0 atom stereocenters. The first-order chi connectivity index (χ1) is 17.2. The highest BCUT2D eigenvalue weighted by Gasteiger charge is 2.24. The third-order valence-corrected chi connectivity index (χ3v) is 6.44. The molecule has 7 nitrogen and oxygen atoms in total. The molecule has 1 amide bonds. The molecular formula is C28H25N5O2. The number of amides is 1. The van der Waals surface area contributed by atoms with Crippen molar-refractivity contribution >= 4 is 22.5 Å². The van der Waals surface area contributed by atoms with Crippen LogP contribution in [0.3, 0.4) is 0 Å². The molecule has 0 saturated carbocycles. The Kier molecular flexibility index (Phi) is 6.27. The lowest BCUT2D eigenvalue weighted by atomic mass is 10.00. The van der Waals surface area contributed by atoms with E-state index in [1.54, 1.807) is 19.5 Å². The van der Waals surface area contributed by atoms with Gasteiger partial charge in [-0.25, -0.2) is 0 Å². The third kappa shape index (κ3) is 4.51. The van der Waals surface area contributed by atoms with E-state index < -0.39 is 0 Å². The summed E-state index contributed by atoms with van der Waals surface area (Å²) in [5.41, 5.74) is 5.37. The van der Waals surface area contributed by atoms with Gasteiger partial charge in [0, 0.05) is 49.5 Å². The van der Waals surface area contributed by atoms with Crippen LogP contribution in [0.5, 0.6) is 5.75 Å². The van der Waals surface area contributed by atoms with Gasteiger partial charge >= 0.3 is 0 Å². The number of rotatable bonds is 5. The van der Waals surface area contributed by atoms with Crippen molar-refractivity contribution in [1.29, 1.82) is 5.26 Å². The molecular weight excluding hydrogens is 438 g/mol. The molecule has 1 aliphatic rings. The summed E-state index contributed by atoms with van der Waals surface area (Å²) in [6.45, 7) is 2.72. The van der Waals surface area contributed by atoms with Gasteiger partial charge in [0.2, 0.25) is 5.91 Å². The average Bonchev–Trinajstić information content (AvgIpc) is 2.92. The van der Waals surface area contributed by atoms with Gasteiger partial charge in [0.15, 0.2) is 5.75 Å². The van der Waals surface area contributed by atoms with E-state index in [4.69, 9.17) is 15.0 Å². The van der Waals surface area contributed by atoms with Crippen LogP contribution >= 0.6 is 0 Å². The molecule has 7 heteroatoms. The Morgan fingerprint density at radius 2 is 1.77 bits per heavy atom. The summed E-state index contributed by atoms with van der Waals surface area (Å²) >= 11 is 0. The summed E-state index contributed by atoms with van der Waals surface area (Å²) < 4.78 is 5.88. The number of para-hydroxylation sites is 1. The van der Waals surface area contributed by atoms with E-state index in [1.807, 2.05) is 65.7 Å². The zero-order valence-electron chi connectivity index (χ0n) is 19.5. The number of piperazine rings is 1. The number of carbonyl (C=O) groups excluding carboxylic acids is 1. The van der Waals surface area contributed by atoms with E-state index >= 15 is 0 Å². The Morgan fingerprint density at radius 3 is 2.46 bits per heavy atom. The van der Waals surface area contributed by atoms with Crippen molar-refractivity contribution in [1.82, 2.24) is 14.9 Å². The van der Waals surface area contributed by atoms with E-state index in [0.717, 1.165) is 39.0 Å². The van der Waals surface area contributed by atoms with E-state index in [0.29, 0.717) is 38.2 Å². The first kappa shape index (κ1) is 22.4. The molecule has 35 heavy (non-hydrogen) atoms. The summed E-state index contributed by atoms with van der Waals surface area (Å²) in [5.74, 6) is 0.911. The van der Waals surface area contributed by atoms with Crippen molar-refractivity contribution in [3.63, 3.8) is 0 Å². The van der Waals surface area contributed by atoms with Crippen molar-refractivity contribution in [2.45, 2.75) is 6.42 Å². The zero-order chi connectivity index (χ0) is 24.2. The highest BCUT2D eigenvalue weighted by Crippen LogP contribution is 2.38. The fraction of sp³-hybridized carbons (Fsp3) is 0.214. The third-order valence-electron chi connectivity index (χ3n) is 6.44. The lowest BCUT2D eigenvalue weighted by Gasteiger charge is -2.36. The smallest absolute Gasteiger partial charge is 0.227 e. The molecule has 174 valence electrons.